The van der Waals surface area contributed by atoms with Crippen molar-refractivity contribution in [2.75, 3.05) is 0 Å². The van der Waals surface area contributed by atoms with Crippen molar-refractivity contribution in [1.29, 1.82) is 0 Å². The summed E-state index contributed by atoms with van der Waals surface area (Å²) in [7, 11) is -0.445. The zero-order chi connectivity index (χ0) is 20.4. The fourth-order valence-corrected chi connectivity index (χ4v) is 6.78. The van der Waals surface area contributed by atoms with Gasteiger partial charge in [-0.25, -0.2) is 0 Å². The molecule has 4 rings (SSSR count). The van der Waals surface area contributed by atoms with Crippen LogP contribution in [0.2, 0.25) is 0 Å². The first-order valence-electron chi connectivity index (χ1n) is 10.4. The van der Waals surface area contributed by atoms with Crippen LogP contribution in [-0.2, 0) is 23.5 Å². The van der Waals surface area contributed by atoms with Crippen molar-refractivity contribution in [2.45, 2.75) is 33.9 Å². The molecule has 0 nitrogen and oxygen atoms in total. The average molecular weight is 519 g/mol. The summed E-state index contributed by atoms with van der Waals surface area (Å²) >= 11 is 0. The van der Waals surface area contributed by atoms with Crippen LogP contribution in [0.15, 0.2) is 102 Å². The van der Waals surface area contributed by atoms with Crippen LogP contribution in [-0.4, -0.2) is 0 Å². The first-order valence-corrected chi connectivity index (χ1v) is 11.9. The van der Waals surface area contributed by atoms with Crippen LogP contribution in [0.25, 0.3) is 5.57 Å². The van der Waals surface area contributed by atoms with Crippen molar-refractivity contribution in [1.82, 2.24) is 0 Å². The molecule has 0 spiro atoms. The molecule has 0 fully saturated rings. The second-order valence-electron chi connectivity index (χ2n) is 7.98. The van der Waals surface area contributed by atoms with Crippen LogP contribution in [0.3, 0.4) is 0 Å². The number of hydrogen-bond donors (Lipinski definition) is 0. The van der Waals surface area contributed by atoms with Crippen LogP contribution in [0, 0.1) is 5.92 Å². The zero-order valence-electron chi connectivity index (χ0n) is 19.0. The predicted octanol–water partition coefficient (Wildman–Crippen LogP) is 1.08. The third kappa shape index (κ3) is 5.78. The van der Waals surface area contributed by atoms with Gasteiger partial charge in [0, 0.05) is 12.1 Å². The van der Waals surface area contributed by atoms with Gasteiger partial charge in [0.05, 0.1) is 0 Å². The summed E-state index contributed by atoms with van der Waals surface area (Å²) in [5.41, 5.74) is 8.87. The predicted molar refractivity (Wildman–Crippen MR) is 129 cm³/mol. The standard InChI is InChI=1S/C28H29P.2ClH.Cr/c1-20-21(2)23(4)28(22(20)3)27-18-12-11-13-24(27)19-29(25-14-7-5-8-15-25)26-16-9-6-10-17-26;;;/h5-18,22H,19H2,1-4H3;2*1H;/q;;;+2/p-2. The minimum absolute atomic E-state index is 0. The molecule has 1 aliphatic carbocycles. The van der Waals surface area contributed by atoms with E-state index in [9.17, 15) is 0 Å². The van der Waals surface area contributed by atoms with Crippen LogP contribution in [0.1, 0.15) is 38.8 Å². The second kappa shape index (κ2) is 12.8. The molecule has 1 aliphatic rings. The van der Waals surface area contributed by atoms with Gasteiger partial charge in [-0.1, -0.05) is 97.4 Å². The molecule has 166 valence electrons. The minimum Gasteiger partial charge on any atom is -1.00 e. The molecular weight excluding hydrogens is 490 g/mol. The van der Waals surface area contributed by atoms with Crippen molar-refractivity contribution in [2.24, 2.45) is 5.92 Å². The van der Waals surface area contributed by atoms with Gasteiger partial charge in [0.15, 0.2) is 0 Å². The molecule has 4 heteroatoms. The maximum Gasteiger partial charge on any atom is 2.00 e. The molecule has 3 aromatic carbocycles. The van der Waals surface area contributed by atoms with Crippen LogP contribution >= 0.6 is 7.92 Å². The molecular formula is C28H29Cl2CrP. The number of allylic oxidation sites excluding steroid dienone is 4. The molecule has 0 bridgehead atoms. The van der Waals surface area contributed by atoms with E-state index < -0.39 is 7.92 Å². The molecule has 0 aromatic heterocycles. The Morgan fingerprint density at radius 1 is 0.656 bits per heavy atom. The van der Waals surface area contributed by atoms with Crippen molar-refractivity contribution in [3.05, 3.63) is 113 Å². The van der Waals surface area contributed by atoms with Gasteiger partial charge in [0.25, 0.3) is 0 Å². The summed E-state index contributed by atoms with van der Waals surface area (Å²) in [6.07, 6.45) is 1.07. The fraction of sp³-hybridized carbons (Fsp3) is 0.214. The molecule has 1 unspecified atom stereocenters. The summed E-state index contributed by atoms with van der Waals surface area (Å²) in [5, 5.41) is 2.89. The molecule has 1 atom stereocenters. The number of hydrogen-bond acceptors (Lipinski definition) is 0. The second-order valence-corrected chi connectivity index (χ2v) is 10.2. The zero-order valence-corrected chi connectivity index (χ0v) is 22.7. The molecule has 0 saturated carbocycles. The Labute approximate surface area is 217 Å². The first-order chi connectivity index (χ1) is 14.1. The Bertz CT molecular complexity index is 1040. The molecule has 0 aliphatic heterocycles. The normalized spacial score (nSPS) is 15.2. The number of rotatable bonds is 5. The SMILES string of the molecule is CC1=C(C)C(C)C(c2ccccc2CP(c2ccccc2)c2ccccc2)=C1C.[Cl-].[Cl-].[Cr+2]. The first kappa shape index (κ1) is 28.7. The molecule has 0 radical (unpaired) electrons. The largest absolute Gasteiger partial charge is 2.00 e. The summed E-state index contributed by atoms with van der Waals surface area (Å²) in [6, 6.07) is 31.1. The Kier molecular flexibility index (Phi) is 11.5. The Morgan fingerprint density at radius 2 is 1.12 bits per heavy atom. The van der Waals surface area contributed by atoms with E-state index in [0.29, 0.717) is 5.92 Å². The maximum atomic E-state index is 2.36. The molecule has 0 amide bonds. The van der Waals surface area contributed by atoms with E-state index in [1.54, 1.807) is 0 Å². The number of benzene rings is 3. The average Bonchev–Trinajstić information content (AvgIpc) is 2.96. The van der Waals surface area contributed by atoms with E-state index in [1.165, 1.54) is 44.0 Å². The van der Waals surface area contributed by atoms with Gasteiger partial charge in [-0.05, 0) is 67.1 Å². The van der Waals surface area contributed by atoms with E-state index in [1.807, 2.05) is 0 Å². The summed E-state index contributed by atoms with van der Waals surface area (Å²) in [4.78, 5) is 0. The molecule has 32 heavy (non-hydrogen) atoms. The van der Waals surface area contributed by atoms with Crippen molar-refractivity contribution in [3.8, 4) is 0 Å². The van der Waals surface area contributed by atoms with E-state index >= 15 is 0 Å². The van der Waals surface area contributed by atoms with Gasteiger partial charge in [-0.2, -0.15) is 0 Å². The van der Waals surface area contributed by atoms with Gasteiger partial charge in [0.1, 0.15) is 0 Å². The van der Waals surface area contributed by atoms with Gasteiger partial charge < -0.3 is 24.8 Å². The van der Waals surface area contributed by atoms with Gasteiger partial charge in [-0.15, -0.1) is 0 Å². The molecule has 3 aromatic rings. The minimum atomic E-state index is -0.445. The third-order valence-corrected chi connectivity index (χ3v) is 8.91. The Hall–Kier alpha value is -1.32. The Balaban J connectivity index is 0.00000171. The van der Waals surface area contributed by atoms with Crippen molar-refractivity contribution in [3.63, 3.8) is 0 Å². The van der Waals surface area contributed by atoms with Crippen molar-refractivity contribution < 1.29 is 42.2 Å². The van der Waals surface area contributed by atoms with E-state index in [-0.39, 0.29) is 42.2 Å². The van der Waals surface area contributed by atoms with E-state index in [2.05, 4.69) is 113 Å². The smallest absolute Gasteiger partial charge is 1.00 e. The van der Waals surface area contributed by atoms with Crippen LogP contribution in [0.5, 0.6) is 0 Å². The molecule has 0 heterocycles. The quantitative estimate of drug-likeness (QED) is 0.443. The van der Waals surface area contributed by atoms with E-state index in [0.717, 1.165) is 6.16 Å². The van der Waals surface area contributed by atoms with Crippen molar-refractivity contribution >= 4 is 24.1 Å². The van der Waals surface area contributed by atoms with Gasteiger partial charge in [0.2, 0.25) is 0 Å². The maximum absolute atomic E-state index is 2.36. The van der Waals surface area contributed by atoms with Crippen LogP contribution in [0.4, 0.5) is 0 Å². The summed E-state index contributed by atoms with van der Waals surface area (Å²) in [5.74, 6) is 0.496. The fourth-order valence-electron chi connectivity index (χ4n) is 4.44. The van der Waals surface area contributed by atoms with Gasteiger partial charge >= 0.3 is 17.4 Å². The molecule has 0 saturated heterocycles. The summed E-state index contributed by atoms with van der Waals surface area (Å²) < 4.78 is 0. The Morgan fingerprint density at radius 3 is 1.59 bits per heavy atom. The topological polar surface area (TPSA) is 0 Å². The monoisotopic (exact) mass is 518 g/mol. The summed E-state index contributed by atoms with van der Waals surface area (Å²) in [6.45, 7) is 9.22. The van der Waals surface area contributed by atoms with Gasteiger partial charge in [-0.3, -0.25) is 0 Å². The molecule has 0 N–H and O–H groups in total. The van der Waals surface area contributed by atoms with Crippen LogP contribution < -0.4 is 35.4 Å². The third-order valence-electron chi connectivity index (χ3n) is 6.41. The van der Waals surface area contributed by atoms with E-state index in [4.69, 9.17) is 0 Å². The number of halogens is 2.